The predicted octanol–water partition coefficient (Wildman–Crippen LogP) is 2.95. The third-order valence-electron chi connectivity index (χ3n) is 6.05. The van der Waals surface area contributed by atoms with Crippen molar-refractivity contribution in [2.24, 2.45) is 17.6 Å². The zero-order valence-corrected chi connectivity index (χ0v) is 13.0. The normalized spacial score (nSPS) is 34.1. The Kier molecular flexibility index (Phi) is 3.66. The van der Waals surface area contributed by atoms with Crippen LogP contribution in [-0.4, -0.2) is 28.7 Å². The molecule has 0 radical (unpaired) electrons. The molecule has 2 saturated carbocycles. The lowest BCUT2D eigenvalue weighted by Gasteiger charge is -2.29. The standard InChI is InChI=1S/C17H28N4/c18-16-8-4-5-13-11-20(12-15(13)16)17-19-9-10-21(17)14-6-2-1-3-7-14/h9-10,13-16H,1-8,11-12,18H2. The Morgan fingerprint density at radius 1 is 1.00 bits per heavy atom. The van der Waals surface area contributed by atoms with Gasteiger partial charge in [-0.25, -0.2) is 4.98 Å². The van der Waals surface area contributed by atoms with E-state index in [1.165, 1.54) is 63.9 Å². The van der Waals surface area contributed by atoms with Gasteiger partial charge in [-0.2, -0.15) is 0 Å². The van der Waals surface area contributed by atoms with Crippen LogP contribution in [0.4, 0.5) is 5.95 Å². The highest BCUT2D eigenvalue weighted by molar-refractivity contribution is 5.35. The summed E-state index contributed by atoms with van der Waals surface area (Å²) in [6, 6.07) is 1.08. The number of anilines is 1. The highest BCUT2D eigenvalue weighted by atomic mass is 15.3. The second kappa shape index (κ2) is 5.64. The summed E-state index contributed by atoms with van der Waals surface area (Å²) in [7, 11) is 0. The molecule has 1 saturated heterocycles. The summed E-state index contributed by atoms with van der Waals surface area (Å²) < 4.78 is 2.46. The quantitative estimate of drug-likeness (QED) is 0.910. The molecular formula is C17H28N4. The molecule has 116 valence electrons. The van der Waals surface area contributed by atoms with E-state index in [0.717, 1.165) is 12.5 Å². The molecule has 4 rings (SSSR count). The highest BCUT2D eigenvalue weighted by Gasteiger charge is 2.40. The molecule has 0 amide bonds. The number of imidazole rings is 1. The fourth-order valence-electron chi connectivity index (χ4n) is 4.87. The number of hydrogen-bond acceptors (Lipinski definition) is 3. The van der Waals surface area contributed by atoms with Gasteiger partial charge in [0.05, 0.1) is 0 Å². The maximum Gasteiger partial charge on any atom is 0.205 e. The van der Waals surface area contributed by atoms with Crippen molar-refractivity contribution in [1.82, 2.24) is 9.55 Å². The molecule has 4 nitrogen and oxygen atoms in total. The molecule has 2 aliphatic carbocycles. The summed E-state index contributed by atoms with van der Waals surface area (Å²) in [5.74, 6) is 2.70. The van der Waals surface area contributed by atoms with Crippen molar-refractivity contribution in [3.05, 3.63) is 12.4 Å². The smallest absolute Gasteiger partial charge is 0.205 e. The number of nitrogens with zero attached hydrogens (tertiary/aromatic N) is 3. The first kappa shape index (κ1) is 13.6. The predicted molar refractivity (Wildman–Crippen MR) is 85.4 cm³/mol. The third kappa shape index (κ3) is 2.48. The minimum absolute atomic E-state index is 0.409. The summed E-state index contributed by atoms with van der Waals surface area (Å²) in [6.07, 6.45) is 14.9. The molecule has 0 aromatic carbocycles. The Hall–Kier alpha value is -1.03. The van der Waals surface area contributed by atoms with E-state index in [1.54, 1.807) is 0 Å². The van der Waals surface area contributed by atoms with Gasteiger partial charge in [0, 0.05) is 37.6 Å². The first-order valence-electron chi connectivity index (χ1n) is 8.86. The molecule has 1 aromatic heterocycles. The Labute approximate surface area is 127 Å². The first-order valence-corrected chi connectivity index (χ1v) is 8.86. The van der Waals surface area contributed by atoms with Gasteiger partial charge in [-0.1, -0.05) is 25.7 Å². The van der Waals surface area contributed by atoms with Gasteiger partial charge in [-0.3, -0.25) is 0 Å². The zero-order valence-electron chi connectivity index (χ0n) is 13.0. The maximum atomic E-state index is 6.36. The zero-order chi connectivity index (χ0) is 14.2. The van der Waals surface area contributed by atoms with Crippen LogP contribution in [0, 0.1) is 11.8 Å². The Morgan fingerprint density at radius 3 is 2.67 bits per heavy atom. The Morgan fingerprint density at radius 2 is 1.86 bits per heavy atom. The van der Waals surface area contributed by atoms with Crippen LogP contribution >= 0.6 is 0 Å². The molecule has 3 unspecified atom stereocenters. The van der Waals surface area contributed by atoms with Gasteiger partial charge < -0.3 is 15.2 Å². The highest BCUT2D eigenvalue weighted by Crippen LogP contribution is 2.38. The van der Waals surface area contributed by atoms with Crippen molar-refractivity contribution < 1.29 is 0 Å². The summed E-state index contributed by atoms with van der Waals surface area (Å²) in [5.41, 5.74) is 6.36. The molecule has 1 aromatic rings. The van der Waals surface area contributed by atoms with Gasteiger partial charge in [0.2, 0.25) is 5.95 Å². The van der Waals surface area contributed by atoms with E-state index in [0.29, 0.717) is 18.0 Å². The molecule has 3 atom stereocenters. The molecule has 21 heavy (non-hydrogen) atoms. The molecule has 4 heteroatoms. The lowest BCUT2D eigenvalue weighted by molar-refractivity contribution is 0.260. The minimum Gasteiger partial charge on any atom is -0.342 e. The molecule has 2 N–H and O–H groups in total. The van der Waals surface area contributed by atoms with Crippen LogP contribution in [0.15, 0.2) is 12.4 Å². The van der Waals surface area contributed by atoms with Crippen molar-refractivity contribution in [2.45, 2.75) is 63.5 Å². The average Bonchev–Trinajstić information content (AvgIpc) is 3.15. The second-order valence-electron chi connectivity index (χ2n) is 7.35. The van der Waals surface area contributed by atoms with Crippen molar-refractivity contribution in [3.63, 3.8) is 0 Å². The minimum atomic E-state index is 0.409. The van der Waals surface area contributed by atoms with Crippen LogP contribution in [0.5, 0.6) is 0 Å². The van der Waals surface area contributed by atoms with Gasteiger partial charge in [-0.15, -0.1) is 0 Å². The van der Waals surface area contributed by atoms with Gasteiger partial charge >= 0.3 is 0 Å². The molecule has 2 heterocycles. The van der Waals surface area contributed by atoms with Crippen LogP contribution < -0.4 is 10.6 Å². The fraction of sp³-hybridized carbons (Fsp3) is 0.824. The van der Waals surface area contributed by atoms with E-state index >= 15 is 0 Å². The van der Waals surface area contributed by atoms with E-state index in [9.17, 15) is 0 Å². The average molecular weight is 288 g/mol. The van der Waals surface area contributed by atoms with Gasteiger partial charge in [-0.05, 0) is 37.5 Å². The molecular weight excluding hydrogens is 260 g/mol. The fourth-order valence-corrected chi connectivity index (χ4v) is 4.87. The van der Waals surface area contributed by atoms with Crippen LogP contribution in [0.1, 0.15) is 57.4 Å². The number of fused-ring (bicyclic) bond motifs is 1. The molecule has 0 bridgehead atoms. The van der Waals surface area contributed by atoms with Gasteiger partial charge in [0.25, 0.3) is 0 Å². The largest absolute Gasteiger partial charge is 0.342 e. The lowest BCUT2D eigenvalue weighted by atomic mass is 9.78. The molecule has 3 fully saturated rings. The first-order chi connectivity index (χ1) is 10.3. The maximum absolute atomic E-state index is 6.36. The molecule has 1 aliphatic heterocycles. The van der Waals surface area contributed by atoms with E-state index in [4.69, 9.17) is 10.7 Å². The van der Waals surface area contributed by atoms with Crippen molar-refractivity contribution in [2.75, 3.05) is 18.0 Å². The van der Waals surface area contributed by atoms with E-state index in [2.05, 4.69) is 15.7 Å². The van der Waals surface area contributed by atoms with Crippen molar-refractivity contribution >= 4 is 5.95 Å². The van der Waals surface area contributed by atoms with Crippen molar-refractivity contribution in [1.29, 1.82) is 0 Å². The van der Waals surface area contributed by atoms with Gasteiger partial charge in [0.1, 0.15) is 0 Å². The third-order valence-corrected chi connectivity index (χ3v) is 6.05. The van der Waals surface area contributed by atoms with E-state index < -0.39 is 0 Å². The number of nitrogens with two attached hydrogens (primary N) is 1. The summed E-state index contributed by atoms with van der Waals surface area (Å²) in [4.78, 5) is 7.23. The SMILES string of the molecule is NC1CCCC2CN(c3nccn3C3CCCCC3)CC12. The van der Waals surface area contributed by atoms with Crippen LogP contribution in [0.3, 0.4) is 0 Å². The van der Waals surface area contributed by atoms with Crippen LogP contribution in [0.2, 0.25) is 0 Å². The molecule has 0 spiro atoms. The Balaban J connectivity index is 1.53. The number of aromatic nitrogens is 2. The topological polar surface area (TPSA) is 47.1 Å². The summed E-state index contributed by atoms with van der Waals surface area (Å²) >= 11 is 0. The van der Waals surface area contributed by atoms with Crippen LogP contribution in [-0.2, 0) is 0 Å². The van der Waals surface area contributed by atoms with E-state index in [-0.39, 0.29) is 0 Å². The molecule has 3 aliphatic rings. The summed E-state index contributed by atoms with van der Waals surface area (Å²) in [5, 5.41) is 0. The van der Waals surface area contributed by atoms with Gasteiger partial charge in [0.15, 0.2) is 0 Å². The number of hydrogen-bond donors (Lipinski definition) is 1. The summed E-state index contributed by atoms with van der Waals surface area (Å²) in [6.45, 7) is 2.29. The monoisotopic (exact) mass is 288 g/mol. The number of rotatable bonds is 2. The van der Waals surface area contributed by atoms with Crippen LogP contribution in [0.25, 0.3) is 0 Å². The Bertz CT molecular complexity index is 477. The lowest BCUT2D eigenvalue weighted by Crippen LogP contribution is -2.38. The van der Waals surface area contributed by atoms with E-state index in [1.807, 2.05) is 6.20 Å². The second-order valence-corrected chi connectivity index (χ2v) is 7.35. The van der Waals surface area contributed by atoms with Crippen molar-refractivity contribution in [3.8, 4) is 0 Å².